The molecule has 7 nitrogen and oxygen atoms in total. The number of esters is 1. The Morgan fingerprint density at radius 1 is 1.09 bits per heavy atom. The Labute approximate surface area is 197 Å². The minimum absolute atomic E-state index is 0.0731. The maximum Gasteiger partial charge on any atom is 0.337 e. The molecule has 0 radical (unpaired) electrons. The standard InChI is InChI=1S/C25H29N3O4S/c1-16(2)10-11-17(3)26-22(29)15-33-25-27-21-14-18(24(31)32-4)12-13-20(21)23(30)28(25)19-8-6-5-7-9-19/h5-9,12-14,16-17H,10-11,15H2,1-4H3,(H,26,29)/t17-/m0/s1. The van der Waals surface area contributed by atoms with Crippen molar-refractivity contribution in [1.82, 2.24) is 14.9 Å². The summed E-state index contributed by atoms with van der Waals surface area (Å²) in [6.45, 7) is 6.31. The van der Waals surface area contributed by atoms with Crippen LogP contribution < -0.4 is 10.9 Å². The van der Waals surface area contributed by atoms with Crippen molar-refractivity contribution in [1.29, 1.82) is 0 Å². The van der Waals surface area contributed by atoms with E-state index in [2.05, 4.69) is 24.1 Å². The molecule has 3 aromatic rings. The smallest absolute Gasteiger partial charge is 0.337 e. The van der Waals surface area contributed by atoms with Gasteiger partial charge in [0.1, 0.15) is 0 Å². The number of hydrogen-bond acceptors (Lipinski definition) is 6. The Balaban J connectivity index is 1.93. The zero-order valence-corrected chi connectivity index (χ0v) is 20.1. The average molecular weight is 468 g/mol. The van der Waals surface area contributed by atoms with E-state index in [1.54, 1.807) is 12.1 Å². The molecule has 1 aromatic heterocycles. The van der Waals surface area contributed by atoms with Crippen molar-refractivity contribution in [2.24, 2.45) is 5.92 Å². The van der Waals surface area contributed by atoms with E-state index in [0.29, 0.717) is 33.2 Å². The van der Waals surface area contributed by atoms with Gasteiger partial charge in [0.25, 0.3) is 5.56 Å². The number of methoxy groups -OCH3 is 1. The summed E-state index contributed by atoms with van der Waals surface area (Å²) in [7, 11) is 1.30. The SMILES string of the molecule is COC(=O)c1ccc2c(=O)n(-c3ccccc3)c(SCC(=O)N[C@@H](C)CCC(C)C)nc2c1. The summed E-state index contributed by atoms with van der Waals surface area (Å²) >= 11 is 1.19. The number of hydrogen-bond donors (Lipinski definition) is 1. The van der Waals surface area contributed by atoms with Crippen LogP contribution in [-0.2, 0) is 9.53 Å². The lowest BCUT2D eigenvalue weighted by Gasteiger charge is -2.16. The molecule has 2 aromatic carbocycles. The van der Waals surface area contributed by atoms with Crippen molar-refractivity contribution in [2.75, 3.05) is 12.9 Å². The first-order valence-electron chi connectivity index (χ1n) is 10.9. The third-order valence-electron chi connectivity index (χ3n) is 5.19. The molecule has 1 heterocycles. The van der Waals surface area contributed by atoms with Gasteiger partial charge in [0.05, 0.1) is 35.0 Å². The monoisotopic (exact) mass is 467 g/mol. The number of aromatic nitrogens is 2. The van der Waals surface area contributed by atoms with E-state index in [9.17, 15) is 14.4 Å². The van der Waals surface area contributed by atoms with Gasteiger partial charge in [-0.3, -0.25) is 14.2 Å². The molecule has 1 amide bonds. The van der Waals surface area contributed by atoms with Crippen LogP contribution in [-0.4, -0.2) is 40.3 Å². The molecule has 1 atom stereocenters. The number of ether oxygens (including phenoxy) is 1. The van der Waals surface area contributed by atoms with Crippen LogP contribution in [0.3, 0.4) is 0 Å². The van der Waals surface area contributed by atoms with E-state index in [4.69, 9.17) is 4.74 Å². The topological polar surface area (TPSA) is 90.3 Å². The highest BCUT2D eigenvalue weighted by Gasteiger charge is 2.17. The minimum Gasteiger partial charge on any atom is -0.465 e. The number of benzene rings is 2. The van der Waals surface area contributed by atoms with Gasteiger partial charge in [-0.2, -0.15) is 0 Å². The second-order valence-corrected chi connectivity index (χ2v) is 9.26. The Morgan fingerprint density at radius 2 is 1.82 bits per heavy atom. The molecule has 0 aliphatic heterocycles. The van der Waals surface area contributed by atoms with Gasteiger partial charge in [0, 0.05) is 6.04 Å². The number of nitrogens with one attached hydrogen (secondary N) is 1. The number of nitrogens with zero attached hydrogens (tertiary/aromatic N) is 2. The lowest BCUT2D eigenvalue weighted by atomic mass is 10.0. The van der Waals surface area contributed by atoms with Crippen molar-refractivity contribution in [3.8, 4) is 5.69 Å². The van der Waals surface area contributed by atoms with Gasteiger partial charge < -0.3 is 10.1 Å². The van der Waals surface area contributed by atoms with Crippen LogP contribution >= 0.6 is 11.8 Å². The zero-order valence-electron chi connectivity index (χ0n) is 19.3. The minimum atomic E-state index is -0.505. The number of thioether (sulfide) groups is 1. The predicted octanol–water partition coefficient (Wildman–Crippen LogP) is 4.21. The summed E-state index contributed by atoms with van der Waals surface area (Å²) in [4.78, 5) is 42.5. The summed E-state index contributed by atoms with van der Waals surface area (Å²) in [5, 5.41) is 3.77. The third-order valence-corrected chi connectivity index (χ3v) is 6.13. The molecule has 0 unspecified atom stereocenters. The molecule has 0 bridgehead atoms. The summed E-state index contributed by atoms with van der Waals surface area (Å²) in [5.41, 5.74) is 1.07. The van der Waals surface area contributed by atoms with Gasteiger partial charge in [0.2, 0.25) is 5.91 Å². The number of fused-ring (bicyclic) bond motifs is 1. The van der Waals surface area contributed by atoms with Crippen molar-refractivity contribution in [3.63, 3.8) is 0 Å². The lowest BCUT2D eigenvalue weighted by molar-refractivity contribution is -0.119. The molecule has 33 heavy (non-hydrogen) atoms. The van der Waals surface area contributed by atoms with Crippen molar-refractivity contribution in [2.45, 2.75) is 44.8 Å². The highest BCUT2D eigenvalue weighted by Crippen LogP contribution is 2.22. The predicted molar refractivity (Wildman–Crippen MR) is 131 cm³/mol. The molecular formula is C25H29N3O4S. The van der Waals surface area contributed by atoms with Crippen LogP contribution in [0, 0.1) is 5.92 Å². The van der Waals surface area contributed by atoms with Crippen molar-refractivity contribution >= 4 is 34.5 Å². The van der Waals surface area contributed by atoms with E-state index in [0.717, 1.165) is 12.8 Å². The summed E-state index contributed by atoms with van der Waals surface area (Å²) in [6.07, 6.45) is 1.95. The summed E-state index contributed by atoms with van der Waals surface area (Å²) < 4.78 is 6.28. The molecule has 0 fully saturated rings. The molecular weight excluding hydrogens is 438 g/mol. The number of carbonyl (C=O) groups is 2. The molecule has 0 aliphatic carbocycles. The zero-order chi connectivity index (χ0) is 24.0. The fourth-order valence-corrected chi connectivity index (χ4v) is 4.24. The highest BCUT2D eigenvalue weighted by molar-refractivity contribution is 7.99. The maximum atomic E-state index is 13.4. The van der Waals surface area contributed by atoms with E-state index in [1.165, 1.54) is 29.5 Å². The quantitative estimate of drug-likeness (QED) is 0.288. The van der Waals surface area contributed by atoms with Crippen LogP contribution in [0.1, 0.15) is 44.0 Å². The molecule has 3 rings (SSSR count). The molecule has 0 spiro atoms. The lowest BCUT2D eigenvalue weighted by Crippen LogP contribution is -2.34. The van der Waals surface area contributed by atoms with Crippen LogP contribution in [0.25, 0.3) is 16.6 Å². The average Bonchev–Trinajstić information content (AvgIpc) is 2.81. The molecule has 1 N–H and O–H groups in total. The number of carbonyl (C=O) groups excluding carboxylic acids is 2. The highest BCUT2D eigenvalue weighted by atomic mass is 32.2. The summed E-state index contributed by atoms with van der Waals surface area (Å²) in [5.74, 6) is 0.0761. The van der Waals surface area contributed by atoms with E-state index in [-0.39, 0.29) is 23.3 Å². The maximum absolute atomic E-state index is 13.4. The molecule has 0 saturated carbocycles. The molecule has 0 aliphatic rings. The number of amides is 1. The van der Waals surface area contributed by atoms with E-state index < -0.39 is 5.97 Å². The third kappa shape index (κ3) is 6.22. The number of rotatable bonds is 9. The molecule has 174 valence electrons. The number of para-hydroxylation sites is 1. The van der Waals surface area contributed by atoms with E-state index in [1.807, 2.05) is 37.3 Å². The summed E-state index contributed by atoms with van der Waals surface area (Å²) in [6, 6.07) is 13.9. The Hall–Kier alpha value is -3.13. The second kappa shape index (κ2) is 11.1. The Bertz CT molecular complexity index is 1190. The van der Waals surface area contributed by atoms with Gasteiger partial charge in [-0.1, -0.05) is 43.8 Å². The van der Waals surface area contributed by atoms with Crippen LogP contribution in [0.15, 0.2) is 58.5 Å². The molecule has 8 heteroatoms. The van der Waals surface area contributed by atoms with Crippen molar-refractivity contribution < 1.29 is 14.3 Å². The fraction of sp³-hybridized carbons (Fsp3) is 0.360. The van der Waals surface area contributed by atoms with Crippen LogP contribution in [0.2, 0.25) is 0 Å². The second-order valence-electron chi connectivity index (χ2n) is 8.32. The van der Waals surface area contributed by atoms with Gasteiger partial charge >= 0.3 is 5.97 Å². The molecule has 0 saturated heterocycles. The van der Waals surface area contributed by atoms with Gasteiger partial charge in [-0.25, -0.2) is 9.78 Å². The largest absolute Gasteiger partial charge is 0.465 e. The first-order chi connectivity index (χ1) is 15.8. The first kappa shape index (κ1) is 24.5. The van der Waals surface area contributed by atoms with Gasteiger partial charge in [0.15, 0.2) is 5.16 Å². The van der Waals surface area contributed by atoms with Gasteiger partial charge in [-0.05, 0) is 56.0 Å². The Morgan fingerprint density at radius 3 is 2.48 bits per heavy atom. The van der Waals surface area contributed by atoms with Crippen LogP contribution in [0.5, 0.6) is 0 Å². The fourth-order valence-electron chi connectivity index (χ4n) is 3.41. The van der Waals surface area contributed by atoms with E-state index >= 15 is 0 Å². The first-order valence-corrected chi connectivity index (χ1v) is 11.9. The van der Waals surface area contributed by atoms with Gasteiger partial charge in [-0.15, -0.1) is 0 Å². The Kier molecular flexibility index (Phi) is 8.27. The normalized spacial score (nSPS) is 12.0. The van der Waals surface area contributed by atoms with Crippen molar-refractivity contribution in [3.05, 3.63) is 64.4 Å². The van der Waals surface area contributed by atoms with Crippen LogP contribution in [0.4, 0.5) is 0 Å².